The van der Waals surface area contributed by atoms with E-state index in [9.17, 15) is 0 Å². The summed E-state index contributed by atoms with van der Waals surface area (Å²) in [7, 11) is 1.71. The highest BCUT2D eigenvalue weighted by atomic mass is 16.5. The first kappa shape index (κ1) is 15.1. The van der Waals surface area contributed by atoms with E-state index in [4.69, 9.17) is 4.74 Å². The van der Waals surface area contributed by atoms with Crippen LogP contribution in [0.4, 0.5) is 0 Å². The summed E-state index contributed by atoms with van der Waals surface area (Å²) >= 11 is 0. The molecule has 116 valence electrons. The van der Waals surface area contributed by atoms with Crippen molar-refractivity contribution in [2.45, 2.75) is 13.0 Å². The van der Waals surface area contributed by atoms with Gasteiger partial charge in [-0.1, -0.05) is 42.0 Å². The van der Waals surface area contributed by atoms with Crippen LogP contribution in [0, 0.1) is 6.92 Å². The van der Waals surface area contributed by atoms with Gasteiger partial charge in [-0.25, -0.2) is 0 Å². The zero-order chi connectivity index (χ0) is 15.4. The third kappa shape index (κ3) is 3.32. The van der Waals surface area contributed by atoms with Gasteiger partial charge in [-0.15, -0.1) is 0 Å². The third-order valence-corrected chi connectivity index (χ3v) is 4.31. The standard InChI is InChI=1S/C19H24N2O/c1-15-4-3-5-17(14-15)19(21-12-10-20-11-13-21)16-6-8-18(22-2)9-7-16/h3-9,14,19-20H,10-13H2,1-2H3. The molecule has 2 aromatic carbocycles. The van der Waals surface area contributed by atoms with E-state index in [1.165, 1.54) is 16.7 Å². The molecule has 1 unspecified atom stereocenters. The van der Waals surface area contributed by atoms with Crippen molar-refractivity contribution in [3.8, 4) is 5.75 Å². The SMILES string of the molecule is COc1ccc(C(c2cccc(C)c2)N2CCNCC2)cc1. The van der Waals surface area contributed by atoms with Crippen molar-refractivity contribution in [1.82, 2.24) is 10.2 Å². The van der Waals surface area contributed by atoms with E-state index >= 15 is 0 Å². The summed E-state index contributed by atoms with van der Waals surface area (Å²) in [5, 5.41) is 3.44. The predicted octanol–water partition coefficient (Wildman–Crippen LogP) is 3.00. The Labute approximate surface area is 132 Å². The van der Waals surface area contributed by atoms with Crippen LogP contribution in [0.15, 0.2) is 48.5 Å². The number of aryl methyl sites for hydroxylation is 1. The van der Waals surface area contributed by atoms with Crippen molar-refractivity contribution in [2.24, 2.45) is 0 Å². The number of methoxy groups -OCH3 is 1. The fourth-order valence-electron chi connectivity index (χ4n) is 3.18. The van der Waals surface area contributed by atoms with E-state index in [2.05, 4.69) is 65.7 Å². The maximum absolute atomic E-state index is 5.30. The van der Waals surface area contributed by atoms with E-state index in [-0.39, 0.29) is 0 Å². The molecule has 0 radical (unpaired) electrons. The number of nitrogens with one attached hydrogen (secondary N) is 1. The molecule has 1 N–H and O–H groups in total. The summed E-state index contributed by atoms with van der Waals surface area (Å²) in [6.07, 6.45) is 0. The Kier molecular flexibility index (Phi) is 4.76. The molecule has 2 aromatic rings. The summed E-state index contributed by atoms with van der Waals surface area (Å²) in [6, 6.07) is 17.7. The van der Waals surface area contributed by atoms with Gasteiger partial charge in [0.25, 0.3) is 0 Å². The molecule has 1 aliphatic heterocycles. The van der Waals surface area contributed by atoms with Crippen molar-refractivity contribution in [2.75, 3.05) is 33.3 Å². The van der Waals surface area contributed by atoms with E-state index in [1.807, 2.05) is 0 Å². The van der Waals surface area contributed by atoms with Crippen molar-refractivity contribution in [3.05, 3.63) is 65.2 Å². The van der Waals surface area contributed by atoms with Gasteiger partial charge in [-0.2, -0.15) is 0 Å². The quantitative estimate of drug-likeness (QED) is 0.938. The lowest BCUT2D eigenvalue weighted by Crippen LogP contribution is -2.45. The highest BCUT2D eigenvalue weighted by Crippen LogP contribution is 2.30. The molecule has 3 rings (SSSR count). The maximum Gasteiger partial charge on any atom is 0.118 e. The van der Waals surface area contributed by atoms with Crippen LogP contribution in [-0.4, -0.2) is 38.2 Å². The van der Waals surface area contributed by atoms with Gasteiger partial charge in [-0.05, 0) is 30.2 Å². The summed E-state index contributed by atoms with van der Waals surface area (Å²) in [6.45, 7) is 6.42. The summed E-state index contributed by atoms with van der Waals surface area (Å²) in [4.78, 5) is 2.56. The van der Waals surface area contributed by atoms with Crippen LogP contribution in [0.1, 0.15) is 22.7 Å². The number of nitrogens with zero attached hydrogens (tertiary/aromatic N) is 1. The number of benzene rings is 2. The number of rotatable bonds is 4. The van der Waals surface area contributed by atoms with Crippen LogP contribution >= 0.6 is 0 Å². The molecule has 1 aliphatic rings. The van der Waals surface area contributed by atoms with Crippen molar-refractivity contribution >= 4 is 0 Å². The van der Waals surface area contributed by atoms with Crippen LogP contribution < -0.4 is 10.1 Å². The lowest BCUT2D eigenvalue weighted by atomic mass is 9.95. The summed E-state index contributed by atoms with van der Waals surface area (Å²) in [5.41, 5.74) is 4.01. The predicted molar refractivity (Wildman–Crippen MR) is 90.5 cm³/mol. The van der Waals surface area contributed by atoms with E-state index in [1.54, 1.807) is 7.11 Å². The fourth-order valence-corrected chi connectivity index (χ4v) is 3.18. The Morgan fingerprint density at radius 2 is 1.73 bits per heavy atom. The first-order chi connectivity index (χ1) is 10.8. The first-order valence-electron chi connectivity index (χ1n) is 7.93. The third-order valence-electron chi connectivity index (χ3n) is 4.31. The normalized spacial score (nSPS) is 17.2. The molecule has 1 saturated heterocycles. The van der Waals surface area contributed by atoms with Gasteiger partial charge in [0.1, 0.15) is 5.75 Å². The average Bonchev–Trinajstić information content (AvgIpc) is 2.57. The molecular weight excluding hydrogens is 272 g/mol. The van der Waals surface area contributed by atoms with Crippen LogP contribution in [0.5, 0.6) is 5.75 Å². The summed E-state index contributed by atoms with van der Waals surface area (Å²) in [5.74, 6) is 0.909. The van der Waals surface area contributed by atoms with Crippen molar-refractivity contribution in [1.29, 1.82) is 0 Å². The fraction of sp³-hybridized carbons (Fsp3) is 0.368. The minimum atomic E-state index is 0.313. The largest absolute Gasteiger partial charge is 0.497 e. The molecule has 1 heterocycles. The Morgan fingerprint density at radius 3 is 2.36 bits per heavy atom. The van der Waals surface area contributed by atoms with Gasteiger partial charge < -0.3 is 10.1 Å². The van der Waals surface area contributed by atoms with Crippen molar-refractivity contribution < 1.29 is 4.74 Å². The first-order valence-corrected chi connectivity index (χ1v) is 7.93. The van der Waals surface area contributed by atoms with E-state index in [0.717, 1.165) is 31.9 Å². The molecule has 22 heavy (non-hydrogen) atoms. The minimum Gasteiger partial charge on any atom is -0.497 e. The number of hydrogen-bond acceptors (Lipinski definition) is 3. The highest BCUT2D eigenvalue weighted by Gasteiger charge is 2.23. The molecule has 1 atom stereocenters. The number of hydrogen-bond donors (Lipinski definition) is 1. The molecule has 0 spiro atoms. The van der Waals surface area contributed by atoms with Gasteiger partial charge in [-0.3, -0.25) is 4.90 Å². The Morgan fingerprint density at radius 1 is 1.00 bits per heavy atom. The smallest absolute Gasteiger partial charge is 0.118 e. The van der Waals surface area contributed by atoms with Gasteiger partial charge in [0.05, 0.1) is 13.2 Å². The topological polar surface area (TPSA) is 24.5 Å². The molecule has 3 nitrogen and oxygen atoms in total. The Hall–Kier alpha value is -1.84. The number of ether oxygens (including phenoxy) is 1. The molecule has 0 saturated carbocycles. The van der Waals surface area contributed by atoms with Crippen LogP contribution in [0.25, 0.3) is 0 Å². The van der Waals surface area contributed by atoms with Crippen molar-refractivity contribution in [3.63, 3.8) is 0 Å². The monoisotopic (exact) mass is 296 g/mol. The second-order valence-corrected chi connectivity index (χ2v) is 5.88. The Bertz CT molecular complexity index is 603. The molecular formula is C19H24N2O. The van der Waals surface area contributed by atoms with Crippen LogP contribution in [0.3, 0.4) is 0 Å². The molecule has 0 aliphatic carbocycles. The molecule has 3 heteroatoms. The summed E-state index contributed by atoms with van der Waals surface area (Å²) < 4.78 is 5.30. The molecule has 1 fully saturated rings. The van der Waals surface area contributed by atoms with Gasteiger partial charge in [0.15, 0.2) is 0 Å². The van der Waals surface area contributed by atoms with Crippen LogP contribution in [-0.2, 0) is 0 Å². The van der Waals surface area contributed by atoms with E-state index in [0.29, 0.717) is 6.04 Å². The maximum atomic E-state index is 5.30. The Balaban J connectivity index is 1.97. The lowest BCUT2D eigenvalue weighted by molar-refractivity contribution is 0.198. The average molecular weight is 296 g/mol. The lowest BCUT2D eigenvalue weighted by Gasteiger charge is -2.35. The number of piperazine rings is 1. The molecule has 0 amide bonds. The zero-order valence-corrected chi connectivity index (χ0v) is 13.4. The molecule has 0 aromatic heterocycles. The van der Waals surface area contributed by atoms with Crippen LogP contribution in [0.2, 0.25) is 0 Å². The second-order valence-electron chi connectivity index (χ2n) is 5.88. The zero-order valence-electron chi connectivity index (χ0n) is 13.4. The van der Waals surface area contributed by atoms with Gasteiger partial charge in [0, 0.05) is 26.2 Å². The molecule has 0 bridgehead atoms. The van der Waals surface area contributed by atoms with Gasteiger partial charge in [0.2, 0.25) is 0 Å². The second kappa shape index (κ2) is 6.95. The minimum absolute atomic E-state index is 0.313. The highest BCUT2D eigenvalue weighted by molar-refractivity contribution is 5.37. The van der Waals surface area contributed by atoms with Gasteiger partial charge >= 0.3 is 0 Å². The van der Waals surface area contributed by atoms with E-state index < -0.39 is 0 Å².